The van der Waals surface area contributed by atoms with E-state index in [1.165, 1.54) is 18.4 Å². The highest BCUT2D eigenvalue weighted by Crippen LogP contribution is 2.16. The first-order valence-corrected chi connectivity index (χ1v) is 9.83. The summed E-state index contributed by atoms with van der Waals surface area (Å²) < 4.78 is 2.22. The maximum atomic E-state index is 4.86. The van der Waals surface area contributed by atoms with Gasteiger partial charge in [-0.25, -0.2) is 4.98 Å². The zero-order chi connectivity index (χ0) is 18.2. The Morgan fingerprint density at radius 1 is 1.22 bits per heavy atom. The summed E-state index contributed by atoms with van der Waals surface area (Å²) in [5.41, 5.74) is 1.30. The molecule has 148 valence electrons. The molecule has 1 fully saturated rings. The van der Waals surface area contributed by atoms with Crippen LogP contribution in [0.2, 0.25) is 0 Å². The molecule has 0 radical (unpaired) electrons. The molecule has 1 N–H and O–H groups in total. The molecular formula is C21H32IN5. The van der Waals surface area contributed by atoms with E-state index < -0.39 is 0 Å². The molecule has 1 saturated heterocycles. The largest absolute Gasteiger partial charge is 0.357 e. The second-order valence-electron chi connectivity index (χ2n) is 7.11. The summed E-state index contributed by atoms with van der Waals surface area (Å²) in [6, 6.07) is 10.5. The predicted molar refractivity (Wildman–Crippen MR) is 123 cm³/mol. The van der Waals surface area contributed by atoms with E-state index in [0.717, 1.165) is 56.8 Å². The Bertz CT molecular complexity index is 690. The third kappa shape index (κ3) is 6.52. The minimum Gasteiger partial charge on any atom is -0.357 e. The highest BCUT2D eigenvalue weighted by molar-refractivity contribution is 14.0. The van der Waals surface area contributed by atoms with Gasteiger partial charge in [0.1, 0.15) is 5.82 Å². The number of rotatable bonds is 6. The number of nitrogens with zero attached hydrogens (tertiary/aromatic N) is 4. The molecule has 1 aromatic carbocycles. The van der Waals surface area contributed by atoms with Crippen LogP contribution in [0.5, 0.6) is 0 Å². The quantitative estimate of drug-likeness (QED) is 0.388. The van der Waals surface area contributed by atoms with Crippen LogP contribution >= 0.6 is 24.0 Å². The van der Waals surface area contributed by atoms with Crippen molar-refractivity contribution in [1.29, 1.82) is 0 Å². The van der Waals surface area contributed by atoms with E-state index in [9.17, 15) is 0 Å². The molecule has 0 amide bonds. The number of hydrogen-bond acceptors (Lipinski definition) is 2. The fraction of sp³-hybridized carbons (Fsp3) is 0.524. The number of imidazole rings is 1. The molecule has 2 heterocycles. The van der Waals surface area contributed by atoms with Crippen LogP contribution in [0.4, 0.5) is 0 Å². The van der Waals surface area contributed by atoms with Crippen molar-refractivity contribution in [3.05, 3.63) is 54.1 Å². The lowest BCUT2D eigenvalue weighted by molar-refractivity contribution is 0.273. The summed E-state index contributed by atoms with van der Waals surface area (Å²) in [7, 11) is 0. The number of hydrogen-bond donors (Lipinski definition) is 1. The van der Waals surface area contributed by atoms with Gasteiger partial charge in [-0.05, 0) is 31.2 Å². The van der Waals surface area contributed by atoms with Crippen LogP contribution < -0.4 is 5.32 Å². The summed E-state index contributed by atoms with van der Waals surface area (Å²) >= 11 is 0. The van der Waals surface area contributed by atoms with Crippen molar-refractivity contribution >= 4 is 29.9 Å². The van der Waals surface area contributed by atoms with Gasteiger partial charge in [-0.2, -0.15) is 0 Å². The van der Waals surface area contributed by atoms with Crippen LogP contribution in [-0.4, -0.2) is 46.6 Å². The topological polar surface area (TPSA) is 45.5 Å². The Hall–Kier alpha value is -1.57. The number of aliphatic imine (C=N–C) groups is 1. The summed E-state index contributed by atoms with van der Waals surface area (Å²) in [6.45, 7) is 9.23. The van der Waals surface area contributed by atoms with Crippen molar-refractivity contribution < 1.29 is 0 Å². The van der Waals surface area contributed by atoms with Gasteiger partial charge in [-0.3, -0.25) is 4.99 Å². The standard InChI is InChI=1S/C21H31N5.HI/c1-3-22-21(25-14-10-18(2)11-15-25)24-12-9-20-23-13-16-26(20)17-19-7-5-4-6-8-19;/h4-8,13,16,18H,3,9-12,14-15,17H2,1-2H3,(H,22,24);1H. The molecule has 27 heavy (non-hydrogen) atoms. The van der Waals surface area contributed by atoms with Crippen LogP contribution in [0.1, 0.15) is 38.1 Å². The SMILES string of the molecule is CCNC(=NCCc1nccn1Cc1ccccc1)N1CCC(C)CC1.I. The normalized spacial score (nSPS) is 15.5. The van der Waals surface area contributed by atoms with Crippen LogP contribution in [0.25, 0.3) is 0 Å². The Morgan fingerprint density at radius 3 is 2.67 bits per heavy atom. The Balaban J connectivity index is 0.00000261. The third-order valence-corrected chi connectivity index (χ3v) is 5.01. The first-order chi connectivity index (χ1) is 12.8. The van der Waals surface area contributed by atoms with Crippen LogP contribution in [0.3, 0.4) is 0 Å². The number of likely N-dealkylation sites (tertiary alicyclic amines) is 1. The molecule has 0 saturated carbocycles. The molecule has 1 aromatic heterocycles. The summed E-state index contributed by atoms with van der Waals surface area (Å²) in [5, 5.41) is 3.45. The first kappa shape index (κ1) is 21.7. The summed E-state index contributed by atoms with van der Waals surface area (Å²) in [5.74, 6) is 2.99. The lowest BCUT2D eigenvalue weighted by Gasteiger charge is -2.33. The third-order valence-electron chi connectivity index (χ3n) is 5.01. The number of aromatic nitrogens is 2. The zero-order valence-corrected chi connectivity index (χ0v) is 18.8. The lowest BCUT2D eigenvalue weighted by Crippen LogP contribution is -2.45. The summed E-state index contributed by atoms with van der Waals surface area (Å²) in [4.78, 5) is 11.8. The highest BCUT2D eigenvalue weighted by atomic mass is 127. The van der Waals surface area contributed by atoms with Crippen molar-refractivity contribution in [2.24, 2.45) is 10.9 Å². The molecule has 5 nitrogen and oxygen atoms in total. The molecule has 1 aliphatic heterocycles. The van der Waals surface area contributed by atoms with E-state index in [1.807, 2.05) is 6.20 Å². The van der Waals surface area contributed by atoms with E-state index in [0.29, 0.717) is 0 Å². The van der Waals surface area contributed by atoms with Crippen LogP contribution in [0, 0.1) is 5.92 Å². The highest BCUT2D eigenvalue weighted by Gasteiger charge is 2.18. The lowest BCUT2D eigenvalue weighted by atomic mass is 10.00. The maximum Gasteiger partial charge on any atom is 0.193 e. The molecule has 0 aliphatic carbocycles. The van der Waals surface area contributed by atoms with E-state index in [-0.39, 0.29) is 24.0 Å². The smallest absolute Gasteiger partial charge is 0.193 e. The van der Waals surface area contributed by atoms with Crippen LogP contribution in [-0.2, 0) is 13.0 Å². The summed E-state index contributed by atoms with van der Waals surface area (Å²) in [6.07, 6.45) is 7.32. The molecule has 2 aromatic rings. The van der Waals surface area contributed by atoms with Gasteiger partial charge in [0, 0.05) is 51.5 Å². The molecule has 0 unspecified atom stereocenters. The van der Waals surface area contributed by atoms with Crippen molar-refractivity contribution in [3.63, 3.8) is 0 Å². The van der Waals surface area contributed by atoms with E-state index in [1.54, 1.807) is 0 Å². The second-order valence-corrected chi connectivity index (χ2v) is 7.11. The Kier molecular flexibility index (Phi) is 9.10. The van der Waals surface area contributed by atoms with E-state index in [2.05, 4.69) is 70.1 Å². The van der Waals surface area contributed by atoms with Gasteiger partial charge >= 0.3 is 0 Å². The number of halogens is 1. The van der Waals surface area contributed by atoms with Crippen LogP contribution in [0.15, 0.2) is 47.7 Å². The van der Waals surface area contributed by atoms with Gasteiger partial charge in [0.25, 0.3) is 0 Å². The minimum atomic E-state index is 0. The Labute approximate surface area is 180 Å². The molecule has 6 heteroatoms. The number of piperidine rings is 1. The van der Waals surface area contributed by atoms with E-state index in [4.69, 9.17) is 4.99 Å². The number of benzene rings is 1. The molecule has 0 atom stereocenters. The maximum absolute atomic E-state index is 4.86. The average molecular weight is 481 g/mol. The fourth-order valence-corrected chi connectivity index (χ4v) is 3.40. The van der Waals surface area contributed by atoms with Gasteiger partial charge in [0.15, 0.2) is 5.96 Å². The molecule has 0 bridgehead atoms. The van der Waals surface area contributed by atoms with Gasteiger partial charge in [0.05, 0.1) is 0 Å². The van der Waals surface area contributed by atoms with Crippen molar-refractivity contribution in [2.45, 2.75) is 39.7 Å². The zero-order valence-electron chi connectivity index (χ0n) is 16.5. The molecule has 3 rings (SSSR count). The molecule has 0 spiro atoms. The predicted octanol–water partition coefficient (Wildman–Crippen LogP) is 3.79. The van der Waals surface area contributed by atoms with Gasteiger partial charge in [-0.1, -0.05) is 37.3 Å². The van der Waals surface area contributed by atoms with Gasteiger partial charge < -0.3 is 14.8 Å². The van der Waals surface area contributed by atoms with Crippen molar-refractivity contribution in [1.82, 2.24) is 19.8 Å². The van der Waals surface area contributed by atoms with Crippen molar-refractivity contribution in [2.75, 3.05) is 26.2 Å². The minimum absolute atomic E-state index is 0. The van der Waals surface area contributed by atoms with Gasteiger partial charge in [0.2, 0.25) is 0 Å². The monoisotopic (exact) mass is 481 g/mol. The molecule has 1 aliphatic rings. The van der Waals surface area contributed by atoms with E-state index >= 15 is 0 Å². The number of guanidine groups is 1. The first-order valence-electron chi connectivity index (χ1n) is 9.83. The fourth-order valence-electron chi connectivity index (χ4n) is 3.40. The average Bonchev–Trinajstić information content (AvgIpc) is 3.09. The second kappa shape index (κ2) is 11.3. The Morgan fingerprint density at radius 2 is 1.96 bits per heavy atom. The van der Waals surface area contributed by atoms with Crippen molar-refractivity contribution in [3.8, 4) is 0 Å². The van der Waals surface area contributed by atoms with Gasteiger partial charge in [-0.15, -0.1) is 24.0 Å². The number of nitrogens with one attached hydrogen (secondary N) is 1. The molecular weight excluding hydrogens is 449 g/mol.